The molecule has 1 aliphatic rings. The number of nitrogens with zero attached hydrogens (tertiary/aromatic N) is 2. The second kappa shape index (κ2) is 9.59. The first kappa shape index (κ1) is 21.6. The molecule has 3 rings (SSSR count). The van der Waals surface area contributed by atoms with Crippen LogP contribution in [0.1, 0.15) is 24.5 Å². The van der Waals surface area contributed by atoms with E-state index in [0.717, 1.165) is 12.1 Å². The van der Waals surface area contributed by atoms with Gasteiger partial charge >= 0.3 is 0 Å². The first-order valence-electron chi connectivity index (χ1n) is 9.38. The molecule has 2 aromatic carbocycles. The SMILES string of the molecule is CC(=N)C=CC(=CC1N=C(Nc2ccc(C#N)cc2)CC(=O)N1)c1ccc(F)cc1F. The molecule has 1 aliphatic heterocycles. The Morgan fingerprint density at radius 3 is 2.65 bits per heavy atom. The van der Waals surface area contributed by atoms with Gasteiger partial charge in [-0.15, -0.1) is 0 Å². The van der Waals surface area contributed by atoms with E-state index in [2.05, 4.69) is 15.6 Å². The Labute approximate surface area is 178 Å². The van der Waals surface area contributed by atoms with Gasteiger partial charge in [0.2, 0.25) is 5.91 Å². The molecule has 1 amide bonds. The minimum absolute atomic E-state index is 0.0278. The number of hydrogen-bond acceptors (Lipinski definition) is 5. The number of amidine groups is 1. The topological polar surface area (TPSA) is 101 Å². The maximum atomic E-state index is 14.4. The Balaban J connectivity index is 1.93. The van der Waals surface area contributed by atoms with Gasteiger partial charge in [0.05, 0.1) is 18.1 Å². The molecular formula is C23H19F2N5O. The van der Waals surface area contributed by atoms with E-state index in [-0.39, 0.29) is 23.6 Å². The number of carbonyl (C=O) groups excluding carboxylic acids is 1. The summed E-state index contributed by atoms with van der Waals surface area (Å²) in [5, 5.41) is 22.2. The van der Waals surface area contributed by atoms with Crippen molar-refractivity contribution in [1.29, 1.82) is 10.7 Å². The van der Waals surface area contributed by atoms with Crippen molar-refractivity contribution in [3.8, 4) is 6.07 Å². The standard InChI is InChI=1S/C23H19F2N5O/c1-14(27)2-5-16(19-9-6-17(24)11-20(19)25)10-21-29-22(12-23(31)30-21)28-18-7-3-15(13-26)4-8-18/h2-11,21,27H,12H2,1H3,(H,28,29)(H,30,31). The number of halogens is 2. The van der Waals surface area contributed by atoms with Crippen LogP contribution in [-0.4, -0.2) is 23.6 Å². The molecule has 1 unspecified atom stereocenters. The van der Waals surface area contributed by atoms with Gasteiger partial charge in [0.15, 0.2) is 0 Å². The van der Waals surface area contributed by atoms with E-state index in [1.54, 1.807) is 31.2 Å². The Morgan fingerprint density at radius 1 is 1.26 bits per heavy atom. The minimum Gasteiger partial charge on any atom is -0.344 e. The van der Waals surface area contributed by atoms with E-state index in [0.29, 0.717) is 22.7 Å². The fourth-order valence-electron chi connectivity index (χ4n) is 2.91. The lowest BCUT2D eigenvalue weighted by atomic mass is 10.0. The molecule has 8 heteroatoms. The molecule has 0 saturated carbocycles. The Bertz CT molecular complexity index is 1140. The molecule has 156 valence electrons. The number of rotatable bonds is 5. The number of anilines is 1. The number of benzene rings is 2. The van der Waals surface area contributed by atoms with Gasteiger partial charge < -0.3 is 16.0 Å². The highest BCUT2D eigenvalue weighted by atomic mass is 19.1. The Kier molecular flexibility index (Phi) is 6.67. The number of carbonyl (C=O) groups is 1. The third-order valence-electron chi connectivity index (χ3n) is 4.33. The molecule has 3 N–H and O–H groups in total. The summed E-state index contributed by atoms with van der Waals surface area (Å²) in [6.07, 6.45) is 3.76. The van der Waals surface area contributed by atoms with Crippen LogP contribution in [0.25, 0.3) is 5.57 Å². The van der Waals surface area contributed by atoms with Crippen LogP contribution >= 0.6 is 0 Å². The average Bonchev–Trinajstić information content (AvgIpc) is 2.71. The summed E-state index contributed by atoms with van der Waals surface area (Å²) in [7, 11) is 0. The highest BCUT2D eigenvalue weighted by Crippen LogP contribution is 2.22. The highest BCUT2D eigenvalue weighted by molar-refractivity contribution is 6.08. The first-order chi connectivity index (χ1) is 14.8. The van der Waals surface area contributed by atoms with Gasteiger partial charge in [-0.05, 0) is 61.0 Å². The predicted molar refractivity (Wildman–Crippen MR) is 116 cm³/mol. The zero-order valence-corrected chi connectivity index (χ0v) is 16.6. The molecule has 0 fully saturated rings. The Morgan fingerprint density at radius 2 is 2.00 bits per heavy atom. The maximum Gasteiger partial charge on any atom is 0.229 e. The van der Waals surface area contributed by atoms with Gasteiger partial charge in [-0.3, -0.25) is 4.79 Å². The van der Waals surface area contributed by atoms with Gasteiger partial charge in [-0.2, -0.15) is 5.26 Å². The minimum atomic E-state index is -0.794. The van der Waals surface area contributed by atoms with Crippen molar-refractivity contribution < 1.29 is 13.6 Å². The number of nitriles is 1. The normalized spacial score (nSPS) is 16.5. The molecule has 0 radical (unpaired) electrons. The van der Waals surface area contributed by atoms with E-state index in [1.807, 2.05) is 6.07 Å². The summed E-state index contributed by atoms with van der Waals surface area (Å²) in [5.74, 6) is -1.34. The molecule has 2 aromatic rings. The molecule has 0 spiro atoms. The average molecular weight is 419 g/mol. The number of aliphatic imine (C=N–C) groups is 1. The van der Waals surface area contributed by atoms with E-state index < -0.39 is 17.8 Å². The van der Waals surface area contributed by atoms with E-state index in [4.69, 9.17) is 10.7 Å². The van der Waals surface area contributed by atoms with Crippen molar-refractivity contribution in [2.45, 2.75) is 19.5 Å². The summed E-state index contributed by atoms with van der Waals surface area (Å²) in [5.41, 5.74) is 1.88. The van der Waals surface area contributed by atoms with Crippen LogP contribution in [0.3, 0.4) is 0 Å². The van der Waals surface area contributed by atoms with Crippen molar-refractivity contribution in [3.63, 3.8) is 0 Å². The van der Waals surface area contributed by atoms with Gasteiger partial charge in [0.25, 0.3) is 0 Å². The molecule has 0 aromatic heterocycles. The lowest BCUT2D eigenvalue weighted by Gasteiger charge is -2.21. The summed E-state index contributed by atoms with van der Waals surface area (Å²) in [4.78, 5) is 16.6. The van der Waals surface area contributed by atoms with Crippen LogP contribution < -0.4 is 10.6 Å². The fourth-order valence-corrected chi connectivity index (χ4v) is 2.91. The van der Waals surface area contributed by atoms with Crippen LogP contribution in [0.5, 0.6) is 0 Å². The molecule has 1 heterocycles. The van der Waals surface area contributed by atoms with Gasteiger partial charge in [0, 0.05) is 23.0 Å². The third-order valence-corrected chi connectivity index (χ3v) is 4.33. The zero-order chi connectivity index (χ0) is 22.4. The highest BCUT2D eigenvalue weighted by Gasteiger charge is 2.20. The van der Waals surface area contributed by atoms with Crippen LogP contribution in [0, 0.1) is 28.4 Å². The fraction of sp³-hybridized carbons (Fsp3) is 0.130. The van der Waals surface area contributed by atoms with Crippen molar-refractivity contribution in [2.24, 2.45) is 4.99 Å². The number of nitrogens with one attached hydrogen (secondary N) is 3. The second-order valence-electron chi connectivity index (χ2n) is 6.84. The van der Waals surface area contributed by atoms with Gasteiger partial charge in [0.1, 0.15) is 23.6 Å². The van der Waals surface area contributed by atoms with Crippen molar-refractivity contribution in [2.75, 3.05) is 5.32 Å². The number of allylic oxidation sites excluding steroid dienone is 3. The first-order valence-corrected chi connectivity index (χ1v) is 9.38. The molecule has 31 heavy (non-hydrogen) atoms. The van der Waals surface area contributed by atoms with Crippen LogP contribution in [0.15, 0.2) is 65.7 Å². The van der Waals surface area contributed by atoms with E-state index in [1.165, 1.54) is 24.3 Å². The lowest BCUT2D eigenvalue weighted by Crippen LogP contribution is -2.40. The number of amides is 1. The third kappa shape index (κ3) is 5.93. The van der Waals surface area contributed by atoms with E-state index in [9.17, 15) is 13.6 Å². The van der Waals surface area contributed by atoms with Crippen LogP contribution in [-0.2, 0) is 4.79 Å². The predicted octanol–water partition coefficient (Wildman–Crippen LogP) is 4.17. The molecule has 0 bridgehead atoms. The second-order valence-corrected chi connectivity index (χ2v) is 6.84. The molecule has 0 aliphatic carbocycles. The molecular weight excluding hydrogens is 400 g/mol. The molecule has 0 saturated heterocycles. The van der Waals surface area contributed by atoms with Crippen molar-refractivity contribution in [3.05, 3.63) is 83.5 Å². The largest absolute Gasteiger partial charge is 0.344 e. The van der Waals surface area contributed by atoms with Crippen molar-refractivity contribution in [1.82, 2.24) is 5.32 Å². The Hall–Kier alpha value is -4.12. The van der Waals surface area contributed by atoms with Crippen LogP contribution in [0.2, 0.25) is 0 Å². The molecule has 6 nitrogen and oxygen atoms in total. The van der Waals surface area contributed by atoms with Crippen LogP contribution in [0.4, 0.5) is 14.5 Å². The monoisotopic (exact) mass is 419 g/mol. The summed E-state index contributed by atoms with van der Waals surface area (Å²) in [6, 6.07) is 11.9. The molecule has 1 atom stereocenters. The maximum absolute atomic E-state index is 14.4. The summed E-state index contributed by atoms with van der Waals surface area (Å²) < 4.78 is 27.7. The van der Waals surface area contributed by atoms with Gasteiger partial charge in [-0.25, -0.2) is 13.8 Å². The number of hydrogen-bond donors (Lipinski definition) is 3. The summed E-state index contributed by atoms with van der Waals surface area (Å²) >= 11 is 0. The quantitative estimate of drug-likeness (QED) is 0.501. The zero-order valence-electron chi connectivity index (χ0n) is 16.6. The van der Waals surface area contributed by atoms with Crippen molar-refractivity contribution >= 4 is 28.7 Å². The smallest absolute Gasteiger partial charge is 0.229 e. The van der Waals surface area contributed by atoms with Gasteiger partial charge in [-0.1, -0.05) is 6.08 Å². The van der Waals surface area contributed by atoms with E-state index >= 15 is 0 Å². The summed E-state index contributed by atoms with van der Waals surface area (Å²) in [6.45, 7) is 1.56. The lowest BCUT2D eigenvalue weighted by molar-refractivity contribution is -0.120.